The molecule has 0 bridgehead atoms. The lowest BCUT2D eigenvalue weighted by molar-refractivity contribution is -0.122. The third-order valence-electron chi connectivity index (χ3n) is 2.82. The molecule has 0 atom stereocenters. The highest BCUT2D eigenvalue weighted by atomic mass is 16.5. The van der Waals surface area contributed by atoms with E-state index in [1.807, 2.05) is 36.1 Å². The SMILES string of the molecule is C=CCN(CC=C)CC(=O)NCCOc1cccc(C)c1. The third kappa shape index (κ3) is 7.32. The predicted molar refractivity (Wildman–Crippen MR) is 86.5 cm³/mol. The lowest BCUT2D eigenvalue weighted by Gasteiger charge is -2.18. The van der Waals surface area contributed by atoms with Crippen LogP contribution in [0.1, 0.15) is 5.56 Å². The van der Waals surface area contributed by atoms with Gasteiger partial charge < -0.3 is 10.1 Å². The Hall–Kier alpha value is -2.07. The van der Waals surface area contributed by atoms with Gasteiger partial charge in [0.1, 0.15) is 12.4 Å². The normalized spacial score (nSPS) is 10.2. The first-order chi connectivity index (χ1) is 10.2. The Labute approximate surface area is 127 Å². The second-order valence-electron chi connectivity index (χ2n) is 4.79. The van der Waals surface area contributed by atoms with E-state index in [0.717, 1.165) is 11.3 Å². The van der Waals surface area contributed by atoms with Gasteiger partial charge in [0.25, 0.3) is 0 Å². The summed E-state index contributed by atoms with van der Waals surface area (Å²) < 4.78 is 5.58. The van der Waals surface area contributed by atoms with Gasteiger partial charge in [-0.2, -0.15) is 0 Å². The minimum atomic E-state index is -0.0217. The van der Waals surface area contributed by atoms with Crippen molar-refractivity contribution in [2.75, 3.05) is 32.8 Å². The van der Waals surface area contributed by atoms with Crippen LogP contribution in [-0.2, 0) is 4.79 Å². The molecule has 1 amide bonds. The number of hydrogen-bond acceptors (Lipinski definition) is 3. The molecule has 0 aliphatic heterocycles. The summed E-state index contributed by atoms with van der Waals surface area (Å²) in [5.74, 6) is 0.802. The van der Waals surface area contributed by atoms with Gasteiger partial charge in [-0.3, -0.25) is 9.69 Å². The van der Waals surface area contributed by atoms with Crippen molar-refractivity contribution in [2.24, 2.45) is 0 Å². The van der Waals surface area contributed by atoms with Crippen LogP contribution in [0.15, 0.2) is 49.6 Å². The van der Waals surface area contributed by atoms with Crippen molar-refractivity contribution < 1.29 is 9.53 Å². The molecule has 0 aromatic heterocycles. The quantitative estimate of drug-likeness (QED) is 0.530. The Kier molecular flexibility index (Phi) is 7.90. The Bertz CT molecular complexity index is 462. The van der Waals surface area contributed by atoms with Crippen molar-refractivity contribution >= 4 is 5.91 Å². The van der Waals surface area contributed by atoms with Gasteiger partial charge in [0, 0.05) is 13.1 Å². The molecule has 4 heteroatoms. The molecule has 1 N–H and O–H groups in total. The summed E-state index contributed by atoms with van der Waals surface area (Å²) >= 11 is 0. The van der Waals surface area contributed by atoms with Crippen LogP contribution >= 0.6 is 0 Å². The van der Waals surface area contributed by atoms with Crippen molar-refractivity contribution in [1.29, 1.82) is 0 Å². The van der Waals surface area contributed by atoms with Gasteiger partial charge in [0.2, 0.25) is 5.91 Å². The Morgan fingerprint density at radius 3 is 2.67 bits per heavy atom. The minimum absolute atomic E-state index is 0.0217. The smallest absolute Gasteiger partial charge is 0.234 e. The molecular formula is C17H24N2O2. The minimum Gasteiger partial charge on any atom is -0.492 e. The largest absolute Gasteiger partial charge is 0.492 e. The first kappa shape index (κ1) is 17.0. The van der Waals surface area contributed by atoms with E-state index in [2.05, 4.69) is 18.5 Å². The lowest BCUT2D eigenvalue weighted by Crippen LogP contribution is -2.38. The van der Waals surface area contributed by atoms with Crippen LogP contribution in [0.2, 0.25) is 0 Å². The number of carbonyl (C=O) groups excluding carboxylic acids is 1. The van der Waals surface area contributed by atoms with Crippen LogP contribution in [-0.4, -0.2) is 43.6 Å². The number of benzene rings is 1. The molecule has 21 heavy (non-hydrogen) atoms. The fourth-order valence-electron chi connectivity index (χ4n) is 1.89. The van der Waals surface area contributed by atoms with Gasteiger partial charge in [-0.05, 0) is 24.6 Å². The zero-order valence-electron chi connectivity index (χ0n) is 12.7. The van der Waals surface area contributed by atoms with Crippen molar-refractivity contribution in [3.8, 4) is 5.75 Å². The molecule has 0 heterocycles. The van der Waals surface area contributed by atoms with E-state index in [1.165, 1.54) is 0 Å². The van der Waals surface area contributed by atoms with Crippen molar-refractivity contribution in [1.82, 2.24) is 10.2 Å². The van der Waals surface area contributed by atoms with E-state index in [0.29, 0.717) is 32.8 Å². The number of hydrogen-bond donors (Lipinski definition) is 1. The molecule has 0 aliphatic carbocycles. The highest BCUT2D eigenvalue weighted by Crippen LogP contribution is 2.11. The van der Waals surface area contributed by atoms with Gasteiger partial charge >= 0.3 is 0 Å². The van der Waals surface area contributed by atoms with Crippen LogP contribution in [0.25, 0.3) is 0 Å². The van der Waals surface area contributed by atoms with E-state index < -0.39 is 0 Å². The van der Waals surface area contributed by atoms with Gasteiger partial charge in [0.15, 0.2) is 0 Å². The van der Waals surface area contributed by atoms with Gasteiger partial charge in [-0.25, -0.2) is 0 Å². The molecule has 0 aliphatic rings. The van der Waals surface area contributed by atoms with Crippen LogP contribution in [0.4, 0.5) is 0 Å². The van der Waals surface area contributed by atoms with Crippen LogP contribution in [0.3, 0.4) is 0 Å². The monoisotopic (exact) mass is 288 g/mol. The van der Waals surface area contributed by atoms with Crippen molar-refractivity contribution in [3.63, 3.8) is 0 Å². The molecule has 0 unspecified atom stereocenters. The number of ether oxygens (including phenoxy) is 1. The van der Waals surface area contributed by atoms with Crippen LogP contribution in [0, 0.1) is 6.92 Å². The number of rotatable bonds is 10. The second-order valence-corrected chi connectivity index (χ2v) is 4.79. The molecule has 114 valence electrons. The molecule has 0 saturated heterocycles. The molecule has 1 aromatic rings. The number of nitrogens with zero attached hydrogens (tertiary/aromatic N) is 1. The maximum atomic E-state index is 11.8. The van der Waals surface area contributed by atoms with E-state index in [9.17, 15) is 4.79 Å². The summed E-state index contributed by atoms with van der Waals surface area (Å²) in [7, 11) is 0. The van der Waals surface area contributed by atoms with E-state index in [4.69, 9.17) is 4.74 Å². The average molecular weight is 288 g/mol. The maximum absolute atomic E-state index is 11.8. The molecule has 0 spiro atoms. The molecule has 1 rings (SSSR count). The molecular weight excluding hydrogens is 264 g/mol. The molecule has 1 aromatic carbocycles. The Balaban J connectivity index is 2.23. The predicted octanol–water partition coefficient (Wildman–Crippen LogP) is 2.16. The fraction of sp³-hybridized carbons (Fsp3) is 0.353. The number of nitrogens with one attached hydrogen (secondary N) is 1. The van der Waals surface area contributed by atoms with Gasteiger partial charge in [-0.1, -0.05) is 24.3 Å². The zero-order chi connectivity index (χ0) is 15.5. The number of amides is 1. The van der Waals surface area contributed by atoms with E-state index >= 15 is 0 Å². The first-order valence-corrected chi connectivity index (χ1v) is 7.06. The highest BCUT2D eigenvalue weighted by molar-refractivity contribution is 5.78. The number of carbonyl (C=O) groups is 1. The van der Waals surface area contributed by atoms with Crippen LogP contribution < -0.4 is 10.1 Å². The van der Waals surface area contributed by atoms with Crippen molar-refractivity contribution in [3.05, 3.63) is 55.1 Å². The number of aryl methyl sites for hydroxylation is 1. The van der Waals surface area contributed by atoms with E-state index in [-0.39, 0.29) is 5.91 Å². The molecule has 4 nitrogen and oxygen atoms in total. The van der Waals surface area contributed by atoms with Crippen molar-refractivity contribution in [2.45, 2.75) is 6.92 Å². The Morgan fingerprint density at radius 2 is 2.05 bits per heavy atom. The summed E-state index contributed by atoms with van der Waals surface area (Å²) in [4.78, 5) is 13.7. The average Bonchev–Trinajstić information content (AvgIpc) is 2.44. The molecule has 0 radical (unpaired) electrons. The van der Waals surface area contributed by atoms with Gasteiger partial charge in [0.05, 0.1) is 13.1 Å². The third-order valence-corrected chi connectivity index (χ3v) is 2.82. The van der Waals surface area contributed by atoms with Gasteiger partial charge in [-0.15, -0.1) is 13.2 Å². The van der Waals surface area contributed by atoms with Crippen LogP contribution in [0.5, 0.6) is 5.75 Å². The second kappa shape index (κ2) is 9.77. The zero-order valence-corrected chi connectivity index (χ0v) is 12.7. The first-order valence-electron chi connectivity index (χ1n) is 7.06. The molecule has 0 fully saturated rings. The summed E-state index contributed by atoms with van der Waals surface area (Å²) in [6, 6.07) is 7.84. The summed E-state index contributed by atoms with van der Waals surface area (Å²) in [6.45, 7) is 12.0. The standard InChI is InChI=1S/C17H24N2O2/c1-4-10-19(11-5-2)14-17(20)18-9-12-21-16-8-6-7-15(3)13-16/h4-8,13H,1-2,9-12,14H2,3H3,(H,18,20). The summed E-state index contributed by atoms with van der Waals surface area (Å²) in [5, 5.41) is 2.84. The maximum Gasteiger partial charge on any atom is 0.234 e. The molecule has 0 saturated carbocycles. The summed E-state index contributed by atoms with van der Waals surface area (Å²) in [6.07, 6.45) is 3.55. The lowest BCUT2D eigenvalue weighted by atomic mass is 10.2. The fourth-order valence-corrected chi connectivity index (χ4v) is 1.89. The highest BCUT2D eigenvalue weighted by Gasteiger charge is 2.07. The topological polar surface area (TPSA) is 41.6 Å². The Morgan fingerprint density at radius 1 is 1.33 bits per heavy atom. The van der Waals surface area contributed by atoms with E-state index in [1.54, 1.807) is 12.2 Å². The summed E-state index contributed by atoms with van der Waals surface area (Å²) in [5.41, 5.74) is 1.15.